The highest BCUT2D eigenvalue weighted by Gasteiger charge is 2.05. The Hall–Kier alpha value is -10.3. The maximum atomic E-state index is 8.82. The first-order valence-corrected chi connectivity index (χ1v) is 29.1. The Morgan fingerprint density at radius 1 is 0.416 bits per heavy atom. The van der Waals surface area contributed by atoms with Gasteiger partial charge in [0.05, 0.1) is 0 Å². The van der Waals surface area contributed by atoms with Crippen molar-refractivity contribution in [2.45, 2.75) is 128 Å². The minimum Gasteiger partial charge on any atom is -0.382 e. The number of halogens is 3. The molecule has 0 aliphatic rings. The van der Waals surface area contributed by atoms with Crippen LogP contribution in [0.2, 0.25) is 0 Å². The summed E-state index contributed by atoms with van der Waals surface area (Å²) in [5, 5.41) is 32.4. The number of nitrogens with zero attached hydrogens (tertiary/aromatic N) is 12. The number of hydrogen-bond donors (Lipinski definition) is 4. The van der Waals surface area contributed by atoms with E-state index in [0.29, 0.717) is 69.1 Å². The Morgan fingerprint density at radius 3 is 1.18 bits per heavy atom. The second-order valence-corrected chi connectivity index (χ2v) is 19.6. The number of pyridine rings is 7. The van der Waals surface area contributed by atoms with Gasteiger partial charge in [-0.05, 0) is 170 Å². The number of nitrogens with one attached hydrogen (secondary N) is 2. The Bertz CT molecular complexity index is 3530. The Balaban J connectivity index is 0.000000587. The molecule has 16 nitrogen and oxygen atoms in total. The number of unbranched alkanes of at least 4 members (excludes halogenated alkanes) is 12. The third-order valence-corrected chi connectivity index (χ3v) is 12.4. The lowest BCUT2D eigenvalue weighted by Crippen LogP contribution is -2.13. The third-order valence-electron chi connectivity index (χ3n) is 11.9. The van der Waals surface area contributed by atoms with Gasteiger partial charge < -0.3 is 26.0 Å². The van der Waals surface area contributed by atoms with Crippen molar-refractivity contribution in [3.05, 3.63) is 223 Å². The van der Waals surface area contributed by atoms with Gasteiger partial charge in [-0.25, -0.2) is 19.9 Å². The zero-order valence-electron chi connectivity index (χ0n) is 49.6. The Kier molecular flexibility index (Phi) is 42.2. The highest BCUT2D eigenvalue weighted by atomic mass is 79.9. The van der Waals surface area contributed by atoms with E-state index in [2.05, 4.69) is 107 Å². The predicted octanol–water partition coefficient (Wildman–Crippen LogP) is 15.5. The molecule has 0 fully saturated rings. The van der Waals surface area contributed by atoms with E-state index in [9.17, 15) is 0 Å². The van der Waals surface area contributed by atoms with Gasteiger partial charge in [0, 0.05) is 49.2 Å². The molecule has 0 aromatic carbocycles. The molecule has 19 heteroatoms. The average molecular weight is 1290 g/mol. The number of rotatable bonds is 22. The largest absolute Gasteiger partial charge is 0.382 e. The highest BCUT2D eigenvalue weighted by Crippen LogP contribution is 2.15. The van der Waals surface area contributed by atoms with E-state index in [1.807, 2.05) is 54.6 Å². The SMILES string of the molecule is C#CCCCC#C.Cl.Cl.N=C(N)c1cccc(CCCCCCCc2cccc(C(=N)N)n2)n1.[C-]#[N+]c1cccc(Br)n1.[C-]#[N+]c1cccc(C#CCCCC#Cc2cccc(C#N)n2)n1.[C-]#[N+]c1cccc(CCCCCCCc2cccc(C#N)n2)n1. The van der Waals surface area contributed by atoms with E-state index in [0.717, 1.165) is 113 Å². The quantitative estimate of drug-likeness (QED) is 0.0124. The minimum absolute atomic E-state index is 0. The fourth-order valence-electron chi connectivity index (χ4n) is 7.62. The van der Waals surface area contributed by atoms with Crippen molar-refractivity contribution in [1.82, 2.24) is 34.9 Å². The first kappa shape index (κ1) is 76.8. The van der Waals surface area contributed by atoms with Gasteiger partial charge in [0.1, 0.15) is 58.0 Å². The molecule has 0 spiro atoms. The monoisotopic (exact) mass is 1280 g/mol. The molecule has 89 heavy (non-hydrogen) atoms. The predicted molar refractivity (Wildman–Crippen MR) is 362 cm³/mol. The second kappa shape index (κ2) is 48.9. The van der Waals surface area contributed by atoms with Gasteiger partial charge in [0.15, 0.2) is 4.60 Å². The number of aromatic nitrogens is 7. The van der Waals surface area contributed by atoms with Crippen LogP contribution in [0.5, 0.6) is 0 Å². The first-order valence-electron chi connectivity index (χ1n) is 28.3. The molecule has 0 aliphatic carbocycles. The molecule has 0 saturated heterocycles. The molecular weight excluding hydrogens is 1220 g/mol. The summed E-state index contributed by atoms with van der Waals surface area (Å²) in [5.74, 6) is 18.2. The Labute approximate surface area is 546 Å². The molecule has 7 heterocycles. The fraction of sp³-hybridized carbons (Fsp3) is 0.286. The normalized spacial score (nSPS) is 9.15. The van der Waals surface area contributed by atoms with E-state index < -0.39 is 0 Å². The standard InChI is InChI=1S/C19H26N6.C19H20N4.C19H12N4.C7H8.C6H3BrN2.2ClH/c20-18(21)16-12-6-10-14(24-16)8-4-2-1-3-5-9-15-11-7-13-17(25-15)19(22)23;2*1-21-19-14-8-12-17(23-19)10-6-4-2-3-5-9-16-11-7-13-18(15-20)22-16;1-3-5-7-6-4-2;1-8-6-4-2-3-5(7)9-6;;/h6-7,10-13H,1-5,8-9H2,(H3,20,21)(H3,22,23);7-8,11-14H,2-6,9-10H2;7-8,11-14H,2-4H2;1-2H,5-7H2;2-4H;2*1H. The van der Waals surface area contributed by atoms with Gasteiger partial charge in [0.2, 0.25) is 5.69 Å². The van der Waals surface area contributed by atoms with Crippen LogP contribution in [0.15, 0.2) is 132 Å². The van der Waals surface area contributed by atoms with Crippen LogP contribution in [0.1, 0.15) is 160 Å². The van der Waals surface area contributed by atoms with E-state index >= 15 is 0 Å². The van der Waals surface area contributed by atoms with Gasteiger partial charge in [0.25, 0.3) is 17.5 Å². The number of hydrogen-bond acceptors (Lipinski definition) is 11. The number of aryl methyl sites for hydroxylation is 4. The highest BCUT2D eigenvalue weighted by molar-refractivity contribution is 9.10. The molecule has 7 aromatic rings. The van der Waals surface area contributed by atoms with Crippen molar-refractivity contribution in [1.29, 1.82) is 21.3 Å². The van der Waals surface area contributed by atoms with Gasteiger partial charge in [-0.3, -0.25) is 10.8 Å². The van der Waals surface area contributed by atoms with E-state index in [1.165, 1.54) is 25.7 Å². The zero-order valence-corrected chi connectivity index (χ0v) is 52.9. The number of nitrogen functional groups attached to an aromatic ring is 2. The zero-order chi connectivity index (χ0) is 63.0. The number of amidine groups is 2. The number of nitrogens with two attached hydrogens (primary N) is 2. The van der Waals surface area contributed by atoms with Crippen LogP contribution in [-0.2, 0) is 25.7 Å². The van der Waals surface area contributed by atoms with Crippen LogP contribution in [0.25, 0.3) is 14.5 Å². The number of terminal acetylenes is 2. The third kappa shape index (κ3) is 35.7. The van der Waals surface area contributed by atoms with Crippen LogP contribution in [0.4, 0.5) is 17.5 Å². The van der Waals surface area contributed by atoms with Gasteiger partial charge >= 0.3 is 0 Å². The van der Waals surface area contributed by atoms with Crippen LogP contribution in [0.3, 0.4) is 0 Å². The van der Waals surface area contributed by atoms with E-state index in [-0.39, 0.29) is 36.5 Å². The molecule has 0 unspecified atom stereocenters. The first-order chi connectivity index (χ1) is 42.4. The van der Waals surface area contributed by atoms with Gasteiger partial charge in [-0.1, -0.05) is 113 Å². The maximum Gasteiger partial charge on any atom is 0.270 e. The van der Waals surface area contributed by atoms with Crippen LogP contribution < -0.4 is 11.5 Å². The van der Waals surface area contributed by atoms with Crippen molar-refractivity contribution in [2.24, 2.45) is 11.5 Å². The molecule has 452 valence electrons. The Morgan fingerprint density at radius 2 is 0.753 bits per heavy atom. The summed E-state index contributed by atoms with van der Waals surface area (Å²) in [7, 11) is 0. The number of nitriles is 2. The van der Waals surface area contributed by atoms with Gasteiger partial charge in [-0.15, -0.1) is 64.5 Å². The van der Waals surface area contributed by atoms with Crippen molar-refractivity contribution in [2.75, 3.05) is 0 Å². The molecule has 0 amide bonds. The fourth-order valence-corrected chi connectivity index (χ4v) is 7.95. The van der Waals surface area contributed by atoms with Gasteiger partial charge in [-0.2, -0.15) is 10.5 Å². The molecule has 7 rings (SSSR count). The summed E-state index contributed by atoms with van der Waals surface area (Å²) in [6.07, 6.45) is 29.9. The summed E-state index contributed by atoms with van der Waals surface area (Å²) in [6, 6.07) is 42.3. The van der Waals surface area contributed by atoms with E-state index in [1.54, 1.807) is 78.9 Å². The van der Waals surface area contributed by atoms with Crippen molar-refractivity contribution in [3.63, 3.8) is 0 Å². The molecule has 0 atom stereocenters. The molecule has 7 aromatic heterocycles. The molecular formula is C70H71BrCl2N16. The molecule has 0 bridgehead atoms. The summed E-state index contributed by atoms with van der Waals surface area (Å²) in [6.45, 7) is 20.5. The average Bonchev–Trinajstić information content (AvgIpc) is 3.74. The lowest BCUT2D eigenvalue weighted by Gasteiger charge is -2.05. The second-order valence-electron chi connectivity index (χ2n) is 18.8. The van der Waals surface area contributed by atoms with E-state index in [4.69, 9.17) is 65.4 Å². The maximum absolute atomic E-state index is 8.82. The molecule has 6 N–H and O–H groups in total. The summed E-state index contributed by atoms with van der Waals surface area (Å²) in [5.41, 5.74) is 18.1. The lowest BCUT2D eigenvalue weighted by molar-refractivity contribution is 0.607. The smallest absolute Gasteiger partial charge is 0.270 e. The summed E-state index contributed by atoms with van der Waals surface area (Å²) < 4.78 is 0.705. The van der Waals surface area contributed by atoms with Crippen LogP contribution >= 0.6 is 40.7 Å². The minimum atomic E-state index is 0. The molecule has 0 radical (unpaired) electrons. The van der Waals surface area contributed by atoms with Crippen LogP contribution in [0, 0.1) is 102 Å². The molecule has 0 aliphatic heterocycles. The van der Waals surface area contributed by atoms with Crippen molar-refractivity contribution in [3.8, 4) is 60.5 Å². The van der Waals surface area contributed by atoms with Crippen molar-refractivity contribution >= 4 is 69.9 Å². The molecule has 0 saturated carbocycles. The lowest BCUT2D eigenvalue weighted by atomic mass is 10.1. The summed E-state index contributed by atoms with van der Waals surface area (Å²) >= 11 is 3.15. The topological polar surface area (TPSA) is 251 Å². The van der Waals surface area contributed by atoms with Crippen molar-refractivity contribution < 1.29 is 0 Å². The van der Waals surface area contributed by atoms with Crippen LogP contribution in [-0.4, -0.2) is 46.6 Å². The summed E-state index contributed by atoms with van der Waals surface area (Å²) in [4.78, 5) is 39.1.